The lowest BCUT2D eigenvalue weighted by Gasteiger charge is -2.08. The maximum Gasteiger partial charge on any atom is 0.251 e. The molecule has 0 aliphatic heterocycles. The molecule has 5 nitrogen and oxygen atoms in total. The van der Waals surface area contributed by atoms with Crippen LogP contribution in [-0.4, -0.2) is 31.5 Å². The second-order valence-corrected chi connectivity index (χ2v) is 6.29. The Morgan fingerprint density at radius 2 is 1.76 bits per heavy atom. The number of halogens is 1. The molecular weight excluding hydrogens is 384 g/mol. The molecule has 0 saturated heterocycles. The van der Waals surface area contributed by atoms with Gasteiger partial charge >= 0.3 is 0 Å². The van der Waals surface area contributed by atoms with E-state index in [4.69, 9.17) is 4.74 Å². The van der Waals surface area contributed by atoms with Crippen molar-refractivity contribution >= 4 is 27.7 Å². The molecule has 132 valence electrons. The molecule has 0 unspecified atom stereocenters. The van der Waals surface area contributed by atoms with Gasteiger partial charge in [-0.05, 0) is 42.8 Å². The molecule has 25 heavy (non-hydrogen) atoms. The van der Waals surface area contributed by atoms with Gasteiger partial charge in [0.1, 0.15) is 5.75 Å². The number of carbonyl (C=O) groups excluding carboxylic acids is 2. The van der Waals surface area contributed by atoms with Crippen molar-refractivity contribution in [3.63, 3.8) is 0 Å². The summed E-state index contributed by atoms with van der Waals surface area (Å²) in [6.45, 7) is 3.30. The van der Waals surface area contributed by atoms with Crippen LogP contribution in [0.15, 0.2) is 53.0 Å². The fraction of sp³-hybridized carbons (Fsp3) is 0.263. The average Bonchev–Trinajstić information content (AvgIpc) is 2.60. The maximum atomic E-state index is 12.0. The predicted octanol–water partition coefficient (Wildman–Crippen LogP) is 2.94. The minimum absolute atomic E-state index is 0.0825. The standard InChI is InChI=1S/C19H21BrN2O3/c1-2-25-17-8-6-14(7-9-17)12-18(23)21-10-11-22-19(24)15-4-3-5-16(20)13-15/h3-9,13H,2,10-12H2,1H3,(H,21,23)(H,22,24). The first-order valence-corrected chi connectivity index (χ1v) is 8.90. The molecule has 2 rings (SSSR count). The Kier molecular flexibility index (Phi) is 7.47. The molecule has 2 aromatic carbocycles. The Hall–Kier alpha value is -2.34. The number of nitrogens with one attached hydrogen (secondary N) is 2. The van der Waals surface area contributed by atoms with Gasteiger partial charge in [0.05, 0.1) is 13.0 Å². The Labute approximate surface area is 155 Å². The molecular formula is C19H21BrN2O3. The molecule has 0 aliphatic rings. The first-order chi connectivity index (χ1) is 12.1. The van der Waals surface area contributed by atoms with E-state index in [-0.39, 0.29) is 11.8 Å². The summed E-state index contributed by atoms with van der Waals surface area (Å²) in [6, 6.07) is 14.6. The number of amides is 2. The van der Waals surface area contributed by atoms with Crippen molar-refractivity contribution in [2.24, 2.45) is 0 Å². The normalized spacial score (nSPS) is 10.2. The average molecular weight is 405 g/mol. The fourth-order valence-corrected chi connectivity index (χ4v) is 2.63. The lowest BCUT2D eigenvalue weighted by Crippen LogP contribution is -2.35. The van der Waals surface area contributed by atoms with Gasteiger partial charge in [-0.1, -0.05) is 34.1 Å². The molecule has 0 fully saturated rings. The lowest BCUT2D eigenvalue weighted by molar-refractivity contribution is -0.120. The highest BCUT2D eigenvalue weighted by molar-refractivity contribution is 9.10. The molecule has 2 amide bonds. The van der Waals surface area contributed by atoms with E-state index in [0.29, 0.717) is 31.7 Å². The molecule has 0 heterocycles. The summed E-state index contributed by atoms with van der Waals surface area (Å²) in [5, 5.41) is 5.57. The van der Waals surface area contributed by atoms with Gasteiger partial charge in [-0.3, -0.25) is 9.59 Å². The molecule has 0 saturated carbocycles. The second-order valence-electron chi connectivity index (χ2n) is 5.37. The molecule has 0 aromatic heterocycles. The monoisotopic (exact) mass is 404 g/mol. The first kappa shape index (κ1) is 19.0. The summed E-state index contributed by atoms with van der Waals surface area (Å²) in [4.78, 5) is 23.9. The van der Waals surface area contributed by atoms with E-state index >= 15 is 0 Å². The van der Waals surface area contributed by atoms with E-state index in [1.807, 2.05) is 37.3 Å². The SMILES string of the molecule is CCOc1ccc(CC(=O)NCCNC(=O)c2cccc(Br)c2)cc1. The summed E-state index contributed by atoms with van der Waals surface area (Å²) in [7, 11) is 0. The summed E-state index contributed by atoms with van der Waals surface area (Å²) in [5.74, 6) is 0.546. The predicted molar refractivity (Wildman–Crippen MR) is 101 cm³/mol. The number of hydrogen-bond donors (Lipinski definition) is 2. The van der Waals surface area contributed by atoms with Crippen molar-refractivity contribution in [1.29, 1.82) is 0 Å². The van der Waals surface area contributed by atoms with Gasteiger partial charge in [0.25, 0.3) is 5.91 Å². The number of benzene rings is 2. The van der Waals surface area contributed by atoms with Gasteiger partial charge in [0.15, 0.2) is 0 Å². The van der Waals surface area contributed by atoms with Crippen molar-refractivity contribution in [2.45, 2.75) is 13.3 Å². The summed E-state index contributed by atoms with van der Waals surface area (Å²) in [5.41, 5.74) is 1.49. The summed E-state index contributed by atoms with van der Waals surface area (Å²) >= 11 is 3.33. The van der Waals surface area contributed by atoms with Crippen LogP contribution in [0, 0.1) is 0 Å². The number of ether oxygens (including phenoxy) is 1. The highest BCUT2D eigenvalue weighted by Crippen LogP contribution is 2.12. The second kappa shape index (κ2) is 9.84. The van der Waals surface area contributed by atoms with Crippen LogP contribution in [0.1, 0.15) is 22.8 Å². The third kappa shape index (κ3) is 6.58. The van der Waals surface area contributed by atoms with E-state index in [1.54, 1.807) is 18.2 Å². The minimum atomic E-state index is -0.165. The molecule has 0 atom stereocenters. The zero-order valence-electron chi connectivity index (χ0n) is 14.0. The topological polar surface area (TPSA) is 67.4 Å². The Morgan fingerprint density at radius 3 is 2.44 bits per heavy atom. The molecule has 0 bridgehead atoms. The third-order valence-electron chi connectivity index (χ3n) is 3.42. The van der Waals surface area contributed by atoms with Crippen LogP contribution >= 0.6 is 15.9 Å². The van der Waals surface area contributed by atoms with Gasteiger partial charge in [0.2, 0.25) is 5.91 Å². The molecule has 0 spiro atoms. The Bertz CT molecular complexity index is 717. The molecule has 0 radical (unpaired) electrons. The largest absolute Gasteiger partial charge is 0.494 e. The van der Waals surface area contributed by atoms with Crippen molar-refractivity contribution in [3.05, 3.63) is 64.1 Å². The highest BCUT2D eigenvalue weighted by Gasteiger charge is 2.06. The van der Waals surface area contributed by atoms with Gasteiger partial charge in [-0.25, -0.2) is 0 Å². The number of carbonyl (C=O) groups is 2. The minimum Gasteiger partial charge on any atom is -0.494 e. The zero-order chi connectivity index (χ0) is 18.1. The van der Waals surface area contributed by atoms with Crippen molar-refractivity contribution < 1.29 is 14.3 Å². The zero-order valence-corrected chi connectivity index (χ0v) is 15.6. The van der Waals surface area contributed by atoms with Gasteiger partial charge in [-0.2, -0.15) is 0 Å². The Balaban J connectivity index is 1.69. The van der Waals surface area contributed by atoms with Crippen LogP contribution in [0.4, 0.5) is 0 Å². The maximum absolute atomic E-state index is 12.0. The van der Waals surface area contributed by atoms with Gasteiger partial charge in [-0.15, -0.1) is 0 Å². The van der Waals surface area contributed by atoms with Gasteiger partial charge in [0, 0.05) is 23.1 Å². The summed E-state index contributed by atoms with van der Waals surface area (Å²) < 4.78 is 6.22. The number of hydrogen-bond acceptors (Lipinski definition) is 3. The van der Waals surface area contributed by atoms with Crippen molar-refractivity contribution in [1.82, 2.24) is 10.6 Å². The summed E-state index contributed by atoms with van der Waals surface area (Å²) in [6.07, 6.45) is 0.298. The van der Waals surface area contributed by atoms with Crippen LogP contribution in [0.25, 0.3) is 0 Å². The van der Waals surface area contributed by atoms with Crippen LogP contribution in [0.2, 0.25) is 0 Å². The van der Waals surface area contributed by atoms with Crippen molar-refractivity contribution in [2.75, 3.05) is 19.7 Å². The van der Waals surface area contributed by atoms with Gasteiger partial charge < -0.3 is 15.4 Å². The Morgan fingerprint density at radius 1 is 1.04 bits per heavy atom. The smallest absolute Gasteiger partial charge is 0.251 e. The molecule has 2 N–H and O–H groups in total. The van der Waals surface area contributed by atoms with E-state index < -0.39 is 0 Å². The van der Waals surface area contributed by atoms with E-state index in [0.717, 1.165) is 15.8 Å². The van der Waals surface area contributed by atoms with E-state index in [1.165, 1.54) is 0 Å². The highest BCUT2D eigenvalue weighted by atomic mass is 79.9. The van der Waals surface area contributed by atoms with Crippen LogP contribution in [0.3, 0.4) is 0 Å². The molecule has 6 heteroatoms. The lowest BCUT2D eigenvalue weighted by atomic mass is 10.1. The fourth-order valence-electron chi connectivity index (χ4n) is 2.23. The first-order valence-electron chi connectivity index (χ1n) is 8.10. The van der Waals surface area contributed by atoms with E-state index in [2.05, 4.69) is 26.6 Å². The molecule has 0 aliphatic carbocycles. The van der Waals surface area contributed by atoms with Crippen LogP contribution in [0.5, 0.6) is 5.75 Å². The molecule has 2 aromatic rings. The van der Waals surface area contributed by atoms with Crippen LogP contribution < -0.4 is 15.4 Å². The number of rotatable bonds is 8. The van der Waals surface area contributed by atoms with E-state index in [9.17, 15) is 9.59 Å². The van der Waals surface area contributed by atoms with Crippen LogP contribution in [-0.2, 0) is 11.2 Å². The quantitative estimate of drug-likeness (QED) is 0.664. The van der Waals surface area contributed by atoms with Crippen molar-refractivity contribution in [3.8, 4) is 5.75 Å². The third-order valence-corrected chi connectivity index (χ3v) is 3.91.